The Labute approximate surface area is 135 Å². The second kappa shape index (κ2) is 6.55. The van der Waals surface area contributed by atoms with Crippen molar-refractivity contribution in [1.29, 1.82) is 0 Å². The molecule has 3 rings (SSSR count). The van der Waals surface area contributed by atoms with E-state index in [9.17, 15) is 4.79 Å². The van der Waals surface area contributed by atoms with Crippen LogP contribution in [0.5, 0.6) is 0 Å². The van der Waals surface area contributed by atoms with Crippen molar-refractivity contribution in [3.05, 3.63) is 39.1 Å². The van der Waals surface area contributed by atoms with Crippen molar-refractivity contribution >= 4 is 44.7 Å². The number of pyridine rings is 1. The van der Waals surface area contributed by atoms with Gasteiger partial charge in [0, 0.05) is 13.1 Å². The number of ether oxygens (including phenoxy) is 1. The molecule has 0 atom stereocenters. The van der Waals surface area contributed by atoms with Crippen LogP contribution in [0.2, 0.25) is 0 Å². The summed E-state index contributed by atoms with van der Waals surface area (Å²) >= 11 is 4.74. The fourth-order valence-electron chi connectivity index (χ4n) is 2.08. The molecule has 1 saturated heterocycles. The highest BCUT2D eigenvalue weighted by Gasteiger charge is 2.13. The van der Waals surface area contributed by atoms with E-state index in [0.717, 1.165) is 35.8 Å². The zero-order valence-corrected chi connectivity index (χ0v) is 13.6. The van der Waals surface area contributed by atoms with Gasteiger partial charge < -0.3 is 15.0 Å². The van der Waals surface area contributed by atoms with Crippen LogP contribution in [0, 0.1) is 0 Å². The van der Waals surface area contributed by atoms with E-state index in [1.165, 1.54) is 11.3 Å². The normalized spacial score (nSPS) is 15.0. The van der Waals surface area contributed by atoms with Gasteiger partial charge in [-0.05, 0) is 40.2 Å². The van der Waals surface area contributed by atoms with Crippen LogP contribution < -0.4 is 10.2 Å². The predicted molar refractivity (Wildman–Crippen MR) is 87.2 cm³/mol. The van der Waals surface area contributed by atoms with Gasteiger partial charge >= 0.3 is 0 Å². The monoisotopic (exact) mass is 367 g/mol. The average Bonchev–Trinajstić information content (AvgIpc) is 2.96. The number of aromatic nitrogens is 1. The van der Waals surface area contributed by atoms with Crippen LogP contribution in [0.25, 0.3) is 0 Å². The van der Waals surface area contributed by atoms with Crippen molar-refractivity contribution in [3.63, 3.8) is 0 Å². The summed E-state index contributed by atoms with van der Waals surface area (Å²) in [4.78, 5) is 19.2. The fraction of sp³-hybridized carbons (Fsp3) is 0.286. The molecule has 0 unspecified atom stereocenters. The Morgan fingerprint density at radius 2 is 2.10 bits per heavy atom. The van der Waals surface area contributed by atoms with Crippen molar-refractivity contribution in [3.8, 4) is 0 Å². The smallest absolute Gasteiger partial charge is 0.266 e. The first kappa shape index (κ1) is 14.5. The van der Waals surface area contributed by atoms with Gasteiger partial charge in [0.2, 0.25) is 0 Å². The van der Waals surface area contributed by atoms with E-state index in [1.54, 1.807) is 12.3 Å². The van der Waals surface area contributed by atoms with Gasteiger partial charge in [-0.15, -0.1) is 11.3 Å². The van der Waals surface area contributed by atoms with E-state index >= 15 is 0 Å². The van der Waals surface area contributed by atoms with Gasteiger partial charge in [-0.3, -0.25) is 4.79 Å². The number of carbonyl (C=O) groups is 1. The summed E-state index contributed by atoms with van der Waals surface area (Å²) < 4.78 is 6.26. The molecule has 5 nitrogen and oxygen atoms in total. The second-order valence-electron chi connectivity index (χ2n) is 4.56. The number of carbonyl (C=O) groups excluding carboxylic acids is 1. The van der Waals surface area contributed by atoms with E-state index in [4.69, 9.17) is 4.74 Å². The van der Waals surface area contributed by atoms with Crippen molar-refractivity contribution in [1.82, 2.24) is 4.98 Å². The third-order valence-electron chi connectivity index (χ3n) is 3.16. The van der Waals surface area contributed by atoms with Gasteiger partial charge in [-0.1, -0.05) is 0 Å². The fourth-order valence-corrected chi connectivity index (χ4v) is 3.36. The van der Waals surface area contributed by atoms with Crippen molar-refractivity contribution < 1.29 is 9.53 Å². The van der Waals surface area contributed by atoms with Gasteiger partial charge in [0.05, 0.1) is 33.8 Å². The molecule has 1 aliphatic heterocycles. The van der Waals surface area contributed by atoms with E-state index in [0.29, 0.717) is 10.7 Å². The van der Waals surface area contributed by atoms with Crippen LogP contribution in [-0.2, 0) is 4.74 Å². The number of anilines is 2. The number of rotatable bonds is 3. The molecular formula is C14H14BrN3O2S. The Hall–Kier alpha value is -1.44. The predicted octanol–water partition coefficient (Wildman–Crippen LogP) is 2.99. The SMILES string of the molecule is O=C(Nc1ccc(N2CCOCC2)cn1)c1ccc(Br)s1. The molecule has 3 heterocycles. The molecule has 1 aliphatic rings. The summed E-state index contributed by atoms with van der Waals surface area (Å²) in [5, 5.41) is 2.80. The number of amides is 1. The Kier molecular flexibility index (Phi) is 4.52. The Balaban J connectivity index is 1.65. The molecule has 1 N–H and O–H groups in total. The van der Waals surface area contributed by atoms with Crippen LogP contribution in [0.1, 0.15) is 9.67 Å². The highest BCUT2D eigenvalue weighted by molar-refractivity contribution is 9.11. The quantitative estimate of drug-likeness (QED) is 0.905. The van der Waals surface area contributed by atoms with Crippen LogP contribution in [0.4, 0.5) is 11.5 Å². The Morgan fingerprint density at radius 3 is 2.71 bits per heavy atom. The number of hydrogen-bond acceptors (Lipinski definition) is 5. The maximum atomic E-state index is 12.0. The number of halogens is 1. The van der Waals surface area contributed by atoms with Crippen molar-refractivity contribution in [2.45, 2.75) is 0 Å². The molecule has 2 aromatic rings. The van der Waals surface area contributed by atoms with Crippen LogP contribution in [0.3, 0.4) is 0 Å². The Bertz CT molecular complexity index is 623. The van der Waals surface area contributed by atoms with Gasteiger partial charge in [-0.2, -0.15) is 0 Å². The maximum absolute atomic E-state index is 12.0. The first-order valence-electron chi connectivity index (χ1n) is 6.58. The molecule has 0 radical (unpaired) electrons. The average molecular weight is 368 g/mol. The largest absolute Gasteiger partial charge is 0.378 e. The first-order valence-corrected chi connectivity index (χ1v) is 8.19. The van der Waals surface area contributed by atoms with Crippen molar-refractivity contribution in [2.24, 2.45) is 0 Å². The van der Waals surface area contributed by atoms with E-state index < -0.39 is 0 Å². The summed E-state index contributed by atoms with van der Waals surface area (Å²) in [5.74, 6) is 0.416. The molecule has 1 fully saturated rings. The van der Waals surface area contributed by atoms with Gasteiger partial charge in [0.15, 0.2) is 0 Å². The number of hydrogen-bond donors (Lipinski definition) is 1. The Morgan fingerprint density at radius 1 is 1.29 bits per heavy atom. The molecule has 110 valence electrons. The minimum absolute atomic E-state index is 0.141. The minimum Gasteiger partial charge on any atom is -0.378 e. The topological polar surface area (TPSA) is 54.5 Å². The molecular weight excluding hydrogens is 354 g/mol. The standard InChI is InChI=1S/C14H14BrN3O2S/c15-12-3-2-11(21-12)14(19)17-13-4-1-10(9-16-13)18-5-7-20-8-6-18/h1-4,9H,5-8H2,(H,16,17,19). The summed E-state index contributed by atoms with van der Waals surface area (Å²) in [6.07, 6.45) is 1.78. The molecule has 21 heavy (non-hydrogen) atoms. The molecule has 0 saturated carbocycles. The van der Waals surface area contributed by atoms with E-state index in [2.05, 4.69) is 31.1 Å². The minimum atomic E-state index is -0.141. The zero-order valence-electron chi connectivity index (χ0n) is 11.2. The lowest BCUT2D eigenvalue weighted by atomic mass is 10.3. The van der Waals surface area contributed by atoms with Gasteiger partial charge in [0.1, 0.15) is 5.82 Å². The lowest BCUT2D eigenvalue weighted by molar-refractivity contribution is 0.103. The lowest BCUT2D eigenvalue weighted by Gasteiger charge is -2.28. The van der Waals surface area contributed by atoms with Crippen LogP contribution in [-0.4, -0.2) is 37.2 Å². The van der Waals surface area contributed by atoms with E-state index in [1.807, 2.05) is 18.2 Å². The lowest BCUT2D eigenvalue weighted by Crippen LogP contribution is -2.36. The van der Waals surface area contributed by atoms with E-state index in [-0.39, 0.29) is 5.91 Å². The van der Waals surface area contributed by atoms with Crippen LogP contribution in [0.15, 0.2) is 34.2 Å². The number of nitrogens with zero attached hydrogens (tertiary/aromatic N) is 2. The zero-order chi connectivity index (χ0) is 14.7. The summed E-state index contributed by atoms with van der Waals surface area (Å²) in [6.45, 7) is 3.23. The third-order valence-corrected chi connectivity index (χ3v) is 4.79. The number of morpholine rings is 1. The van der Waals surface area contributed by atoms with Crippen molar-refractivity contribution in [2.75, 3.05) is 36.5 Å². The summed E-state index contributed by atoms with van der Waals surface area (Å²) in [6, 6.07) is 7.43. The molecule has 1 amide bonds. The highest BCUT2D eigenvalue weighted by Crippen LogP contribution is 2.23. The molecule has 2 aromatic heterocycles. The third kappa shape index (κ3) is 3.61. The highest BCUT2D eigenvalue weighted by atomic mass is 79.9. The van der Waals surface area contributed by atoms with Gasteiger partial charge in [-0.25, -0.2) is 4.98 Å². The summed E-state index contributed by atoms with van der Waals surface area (Å²) in [5.41, 5.74) is 1.05. The molecule has 0 aliphatic carbocycles. The first-order chi connectivity index (χ1) is 10.2. The second-order valence-corrected chi connectivity index (χ2v) is 7.02. The molecule has 7 heteroatoms. The molecule has 0 bridgehead atoms. The molecule has 0 spiro atoms. The van der Waals surface area contributed by atoms with Crippen LogP contribution >= 0.6 is 27.3 Å². The maximum Gasteiger partial charge on any atom is 0.266 e. The number of nitrogens with one attached hydrogen (secondary N) is 1. The number of thiophene rings is 1. The molecule has 0 aromatic carbocycles. The van der Waals surface area contributed by atoms with Gasteiger partial charge in [0.25, 0.3) is 5.91 Å². The summed E-state index contributed by atoms with van der Waals surface area (Å²) in [7, 11) is 0.